The number of hydrogen-bond donors (Lipinski definition) is 1. The molecule has 0 aliphatic rings. The Kier molecular flexibility index (Phi) is 5.36. The third-order valence-electron chi connectivity index (χ3n) is 3.36. The zero-order chi connectivity index (χ0) is 15.1. The molecule has 21 heavy (non-hydrogen) atoms. The number of nitrogens with one attached hydrogen (secondary N) is 1. The lowest BCUT2D eigenvalue weighted by molar-refractivity contribution is 0.367. The van der Waals surface area contributed by atoms with Gasteiger partial charge in [0, 0.05) is 12.6 Å². The van der Waals surface area contributed by atoms with E-state index < -0.39 is 0 Å². The van der Waals surface area contributed by atoms with Crippen molar-refractivity contribution in [1.82, 2.24) is 5.32 Å². The normalized spacial score (nSPS) is 11.7. The fourth-order valence-corrected chi connectivity index (χ4v) is 2.19. The first kappa shape index (κ1) is 15.1. The molecular formula is C18H20N2O. The quantitative estimate of drug-likeness (QED) is 0.876. The van der Waals surface area contributed by atoms with Crippen LogP contribution in [0.1, 0.15) is 29.7 Å². The van der Waals surface area contributed by atoms with Gasteiger partial charge in [-0.25, -0.2) is 0 Å². The third kappa shape index (κ3) is 4.62. The molecule has 3 heteroatoms. The molecule has 0 aliphatic carbocycles. The highest BCUT2D eigenvalue weighted by molar-refractivity contribution is 5.29. The molecule has 2 aromatic rings. The van der Waals surface area contributed by atoms with Gasteiger partial charge in [-0.15, -0.1) is 0 Å². The number of nitriles is 1. The predicted octanol–water partition coefficient (Wildman–Crippen LogP) is 3.75. The zero-order valence-electron chi connectivity index (χ0n) is 12.5. The van der Waals surface area contributed by atoms with Crippen molar-refractivity contribution in [3.63, 3.8) is 0 Å². The molecule has 0 spiro atoms. The van der Waals surface area contributed by atoms with Crippen LogP contribution in [0.4, 0.5) is 0 Å². The Bertz CT molecular complexity index is 631. The Morgan fingerprint density at radius 3 is 2.76 bits per heavy atom. The molecule has 0 heterocycles. The first-order valence-corrected chi connectivity index (χ1v) is 7.07. The molecular weight excluding hydrogens is 260 g/mol. The molecule has 0 fully saturated rings. The van der Waals surface area contributed by atoms with E-state index in [0.717, 1.165) is 17.9 Å². The second-order valence-electron chi connectivity index (χ2n) is 5.11. The molecule has 0 aliphatic heterocycles. The number of nitrogens with zero attached hydrogens (tertiary/aromatic N) is 1. The van der Waals surface area contributed by atoms with E-state index in [2.05, 4.69) is 49.5 Å². The fraction of sp³-hybridized carbons (Fsp3) is 0.278. The molecule has 0 bridgehead atoms. The van der Waals surface area contributed by atoms with Gasteiger partial charge in [-0.1, -0.05) is 42.0 Å². The Morgan fingerprint density at radius 1 is 1.19 bits per heavy atom. The highest BCUT2D eigenvalue weighted by Gasteiger charge is 2.05. The SMILES string of the molecule is Cc1cccc([C@@H](C)NCc2cccc(OCC#N)c2)c1. The van der Waals surface area contributed by atoms with Crippen molar-refractivity contribution in [3.8, 4) is 11.8 Å². The summed E-state index contributed by atoms with van der Waals surface area (Å²) in [4.78, 5) is 0. The molecule has 0 radical (unpaired) electrons. The summed E-state index contributed by atoms with van der Waals surface area (Å²) in [6.45, 7) is 5.10. The number of aryl methyl sites for hydroxylation is 1. The molecule has 1 atom stereocenters. The molecule has 2 aromatic carbocycles. The van der Waals surface area contributed by atoms with E-state index in [1.807, 2.05) is 24.3 Å². The fourth-order valence-electron chi connectivity index (χ4n) is 2.19. The summed E-state index contributed by atoms with van der Waals surface area (Å²) in [7, 11) is 0. The summed E-state index contributed by atoms with van der Waals surface area (Å²) in [5, 5.41) is 12.0. The van der Waals surface area contributed by atoms with Crippen LogP contribution >= 0.6 is 0 Å². The first-order chi connectivity index (χ1) is 10.2. The first-order valence-electron chi connectivity index (χ1n) is 7.07. The molecule has 3 nitrogen and oxygen atoms in total. The second kappa shape index (κ2) is 7.47. The van der Waals surface area contributed by atoms with E-state index in [4.69, 9.17) is 10.00 Å². The summed E-state index contributed by atoms with van der Waals surface area (Å²) in [5.74, 6) is 0.735. The molecule has 0 amide bonds. The largest absolute Gasteiger partial charge is 0.479 e. The van der Waals surface area contributed by atoms with Gasteiger partial charge in [0.05, 0.1) is 0 Å². The van der Waals surface area contributed by atoms with Gasteiger partial charge in [-0.05, 0) is 37.1 Å². The summed E-state index contributed by atoms with van der Waals surface area (Å²) < 4.78 is 5.31. The van der Waals surface area contributed by atoms with Crippen molar-refractivity contribution in [3.05, 3.63) is 65.2 Å². The predicted molar refractivity (Wildman–Crippen MR) is 84.0 cm³/mol. The third-order valence-corrected chi connectivity index (χ3v) is 3.36. The zero-order valence-corrected chi connectivity index (χ0v) is 12.5. The lowest BCUT2D eigenvalue weighted by atomic mass is 10.1. The summed E-state index contributed by atoms with van der Waals surface area (Å²) >= 11 is 0. The smallest absolute Gasteiger partial charge is 0.174 e. The maximum Gasteiger partial charge on any atom is 0.174 e. The van der Waals surface area contributed by atoms with Crippen LogP contribution in [-0.4, -0.2) is 6.61 Å². The molecule has 0 unspecified atom stereocenters. The molecule has 108 valence electrons. The van der Waals surface area contributed by atoms with Gasteiger partial charge in [0.15, 0.2) is 6.61 Å². The Labute approximate surface area is 126 Å². The topological polar surface area (TPSA) is 45.0 Å². The number of benzene rings is 2. The Hall–Kier alpha value is -2.31. The van der Waals surface area contributed by atoms with Crippen LogP contribution in [0.15, 0.2) is 48.5 Å². The van der Waals surface area contributed by atoms with Crippen molar-refractivity contribution in [2.75, 3.05) is 6.61 Å². The van der Waals surface area contributed by atoms with E-state index in [1.54, 1.807) is 0 Å². The Balaban J connectivity index is 1.95. The van der Waals surface area contributed by atoms with Gasteiger partial charge < -0.3 is 10.1 Å². The van der Waals surface area contributed by atoms with Crippen LogP contribution in [0.5, 0.6) is 5.75 Å². The molecule has 0 saturated heterocycles. The minimum absolute atomic E-state index is 0.0799. The maximum atomic E-state index is 8.53. The molecule has 1 N–H and O–H groups in total. The average molecular weight is 280 g/mol. The van der Waals surface area contributed by atoms with E-state index >= 15 is 0 Å². The van der Waals surface area contributed by atoms with Crippen molar-refractivity contribution in [2.24, 2.45) is 0 Å². The van der Waals surface area contributed by atoms with Crippen LogP contribution in [0.2, 0.25) is 0 Å². The lowest BCUT2D eigenvalue weighted by Crippen LogP contribution is -2.18. The number of rotatable bonds is 6. The van der Waals surface area contributed by atoms with Gasteiger partial charge in [0.25, 0.3) is 0 Å². The second-order valence-corrected chi connectivity index (χ2v) is 5.11. The van der Waals surface area contributed by atoms with Crippen molar-refractivity contribution in [2.45, 2.75) is 26.4 Å². The van der Waals surface area contributed by atoms with Crippen LogP contribution in [0.3, 0.4) is 0 Å². The summed E-state index contributed by atoms with van der Waals surface area (Å²) in [6, 6.07) is 18.6. The monoisotopic (exact) mass is 280 g/mol. The van der Waals surface area contributed by atoms with Gasteiger partial charge in [0.1, 0.15) is 11.8 Å². The van der Waals surface area contributed by atoms with Gasteiger partial charge >= 0.3 is 0 Å². The minimum atomic E-state index is 0.0799. The summed E-state index contributed by atoms with van der Waals surface area (Å²) in [5.41, 5.74) is 3.70. The molecule has 0 saturated carbocycles. The number of hydrogen-bond acceptors (Lipinski definition) is 3. The van der Waals surface area contributed by atoms with Crippen LogP contribution in [0, 0.1) is 18.3 Å². The van der Waals surface area contributed by atoms with Crippen molar-refractivity contribution >= 4 is 0 Å². The summed E-state index contributed by atoms with van der Waals surface area (Å²) in [6.07, 6.45) is 0. The van der Waals surface area contributed by atoms with Gasteiger partial charge in [-0.3, -0.25) is 0 Å². The van der Waals surface area contributed by atoms with Gasteiger partial charge in [-0.2, -0.15) is 5.26 Å². The van der Waals surface area contributed by atoms with Crippen LogP contribution < -0.4 is 10.1 Å². The maximum absolute atomic E-state index is 8.53. The van der Waals surface area contributed by atoms with Gasteiger partial charge in [0.2, 0.25) is 0 Å². The van der Waals surface area contributed by atoms with Crippen LogP contribution in [0.25, 0.3) is 0 Å². The van der Waals surface area contributed by atoms with Crippen LogP contribution in [-0.2, 0) is 6.54 Å². The highest BCUT2D eigenvalue weighted by atomic mass is 16.5. The lowest BCUT2D eigenvalue weighted by Gasteiger charge is -2.15. The number of ether oxygens (including phenoxy) is 1. The highest BCUT2D eigenvalue weighted by Crippen LogP contribution is 2.16. The van der Waals surface area contributed by atoms with E-state index in [1.165, 1.54) is 11.1 Å². The average Bonchev–Trinajstić information content (AvgIpc) is 2.51. The van der Waals surface area contributed by atoms with Crippen molar-refractivity contribution < 1.29 is 4.74 Å². The molecule has 2 rings (SSSR count). The van der Waals surface area contributed by atoms with E-state index in [9.17, 15) is 0 Å². The van der Waals surface area contributed by atoms with Crippen molar-refractivity contribution in [1.29, 1.82) is 5.26 Å². The standard InChI is InChI=1S/C18H20N2O/c1-14-5-3-7-17(11-14)15(2)20-13-16-6-4-8-18(12-16)21-10-9-19/h3-8,11-12,15,20H,10,13H2,1-2H3/t15-/m1/s1. The Morgan fingerprint density at radius 2 is 2.00 bits per heavy atom. The molecule has 0 aromatic heterocycles. The van der Waals surface area contributed by atoms with E-state index in [0.29, 0.717) is 0 Å². The minimum Gasteiger partial charge on any atom is -0.479 e. The van der Waals surface area contributed by atoms with E-state index in [-0.39, 0.29) is 12.6 Å².